The van der Waals surface area contributed by atoms with Gasteiger partial charge in [0.25, 0.3) is 0 Å². The zero-order chi connectivity index (χ0) is 9.56. The summed E-state index contributed by atoms with van der Waals surface area (Å²) in [5.74, 6) is -1.03. The summed E-state index contributed by atoms with van der Waals surface area (Å²) in [7, 11) is 0. The number of nitrogens with two attached hydrogens (primary N) is 2. The van der Waals surface area contributed by atoms with E-state index < -0.39 is 18.0 Å². The van der Waals surface area contributed by atoms with Crippen molar-refractivity contribution in [3.05, 3.63) is 0 Å². The lowest BCUT2D eigenvalue weighted by molar-refractivity contribution is -0.138. The van der Waals surface area contributed by atoms with E-state index in [2.05, 4.69) is 5.32 Å². The van der Waals surface area contributed by atoms with Gasteiger partial charge in [-0.15, -0.1) is 0 Å². The van der Waals surface area contributed by atoms with E-state index in [9.17, 15) is 9.59 Å². The Morgan fingerprint density at radius 3 is 2.38 bits per heavy atom. The molecular weight excluding hydrogens is 176 g/mol. The van der Waals surface area contributed by atoms with E-state index in [4.69, 9.17) is 16.6 Å². The van der Waals surface area contributed by atoms with Crippen molar-refractivity contribution in [1.29, 1.82) is 0 Å². The number of carboxylic acid groups (broad SMARTS) is 1. The van der Waals surface area contributed by atoms with Crippen molar-refractivity contribution in [3.63, 3.8) is 0 Å². The standard InChI is InChI=1S/C6H13N3O3.H3N/c7-4(5(10)11)2-1-3-9-6(8)12;/h4H,1-3,7H2,(H,10,11)(H3,8,9,12);1H3. The summed E-state index contributed by atoms with van der Waals surface area (Å²) in [4.78, 5) is 20.3. The first-order valence-electron chi connectivity index (χ1n) is 3.55. The van der Waals surface area contributed by atoms with Crippen LogP contribution >= 0.6 is 0 Å². The van der Waals surface area contributed by atoms with Crippen molar-refractivity contribution in [1.82, 2.24) is 11.5 Å². The monoisotopic (exact) mass is 192 g/mol. The summed E-state index contributed by atoms with van der Waals surface area (Å²) in [5.41, 5.74) is 9.96. The summed E-state index contributed by atoms with van der Waals surface area (Å²) < 4.78 is 0. The fourth-order valence-electron chi connectivity index (χ4n) is 0.657. The number of urea groups is 1. The Morgan fingerprint density at radius 2 is 2.00 bits per heavy atom. The number of carbonyl (C=O) groups excluding carboxylic acids is 1. The van der Waals surface area contributed by atoms with Gasteiger partial charge in [0.05, 0.1) is 0 Å². The fourth-order valence-corrected chi connectivity index (χ4v) is 0.657. The average molecular weight is 192 g/mol. The molecule has 13 heavy (non-hydrogen) atoms. The molecule has 7 nitrogen and oxygen atoms in total. The Hall–Kier alpha value is -1.34. The van der Waals surface area contributed by atoms with Gasteiger partial charge in [-0.05, 0) is 12.8 Å². The summed E-state index contributed by atoms with van der Waals surface area (Å²) >= 11 is 0. The highest BCUT2D eigenvalue weighted by molar-refractivity contribution is 5.73. The van der Waals surface area contributed by atoms with Crippen molar-refractivity contribution < 1.29 is 14.7 Å². The second kappa shape index (κ2) is 7.32. The molecule has 0 aromatic heterocycles. The van der Waals surface area contributed by atoms with Crippen molar-refractivity contribution in [2.24, 2.45) is 11.5 Å². The number of aliphatic carboxylic acids is 1. The topological polar surface area (TPSA) is 153 Å². The van der Waals surface area contributed by atoms with Crippen LogP contribution in [-0.4, -0.2) is 29.7 Å². The molecule has 0 aromatic rings. The van der Waals surface area contributed by atoms with Gasteiger partial charge >= 0.3 is 12.0 Å². The quantitative estimate of drug-likeness (QED) is 0.354. The minimum absolute atomic E-state index is 0. The van der Waals surface area contributed by atoms with Crippen LogP contribution in [-0.2, 0) is 4.79 Å². The van der Waals surface area contributed by atoms with Crippen LogP contribution in [0.25, 0.3) is 0 Å². The zero-order valence-electron chi connectivity index (χ0n) is 7.32. The SMILES string of the molecule is N.NC(=O)NCCCC(N)C(=O)O. The molecule has 0 aliphatic heterocycles. The Labute approximate surface area is 76.0 Å². The Bertz CT molecular complexity index is 173. The summed E-state index contributed by atoms with van der Waals surface area (Å²) in [6.07, 6.45) is 0.839. The van der Waals surface area contributed by atoms with E-state index in [0.29, 0.717) is 19.4 Å². The number of carboxylic acids is 1. The number of rotatable bonds is 5. The maximum absolute atomic E-state index is 10.2. The lowest BCUT2D eigenvalue weighted by Gasteiger charge is -2.05. The van der Waals surface area contributed by atoms with E-state index in [1.807, 2.05) is 0 Å². The van der Waals surface area contributed by atoms with Gasteiger partial charge < -0.3 is 28.0 Å². The summed E-state index contributed by atoms with van der Waals surface area (Å²) in [6.45, 7) is 0.357. The first-order valence-corrected chi connectivity index (χ1v) is 3.55. The second-order valence-electron chi connectivity index (χ2n) is 2.38. The van der Waals surface area contributed by atoms with Crippen LogP contribution in [0.15, 0.2) is 0 Å². The number of amides is 2. The predicted molar refractivity (Wildman–Crippen MR) is 47.5 cm³/mol. The molecule has 7 heteroatoms. The highest BCUT2D eigenvalue weighted by atomic mass is 16.4. The van der Waals surface area contributed by atoms with Gasteiger partial charge in [0, 0.05) is 6.54 Å². The first-order chi connectivity index (χ1) is 5.54. The van der Waals surface area contributed by atoms with Gasteiger partial charge in [-0.2, -0.15) is 0 Å². The highest BCUT2D eigenvalue weighted by Gasteiger charge is 2.09. The molecule has 0 rings (SSSR count). The maximum atomic E-state index is 10.2. The number of hydrogen-bond acceptors (Lipinski definition) is 4. The number of carbonyl (C=O) groups is 2. The van der Waals surface area contributed by atoms with Gasteiger partial charge in [-0.1, -0.05) is 0 Å². The van der Waals surface area contributed by atoms with E-state index in [1.54, 1.807) is 0 Å². The van der Waals surface area contributed by atoms with Gasteiger partial charge in [-0.25, -0.2) is 4.79 Å². The van der Waals surface area contributed by atoms with E-state index in [1.165, 1.54) is 0 Å². The Morgan fingerprint density at radius 1 is 1.46 bits per heavy atom. The van der Waals surface area contributed by atoms with Gasteiger partial charge in [-0.3, -0.25) is 4.79 Å². The Kier molecular flexibility index (Phi) is 7.99. The first kappa shape index (κ1) is 14.2. The number of nitrogens with one attached hydrogen (secondary N) is 1. The van der Waals surface area contributed by atoms with Crippen LogP contribution in [0.4, 0.5) is 4.79 Å². The molecular formula is C6H16N4O3. The molecule has 0 radical (unpaired) electrons. The molecule has 0 heterocycles. The minimum Gasteiger partial charge on any atom is -0.480 e. The third-order valence-electron chi connectivity index (χ3n) is 1.31. The van der Waals surface area contributed by atoms with Crippen molar-refractivity contribution >= 4 is 12.0 Å². The molecule has 0 aliphatic carbocycles. The molecule has 1 atom stereocenters. The van der Waals surface area contributed by atoms with Crippen molar-refractivity contribution in [2.75, 3.05) is 6.54 Å². The van der Waals surface area contributed by atoms with Crippen LogP contribution in [0.5, 0.6) is 0 Å². The lowest BCUT2D eigenvalue weighted by atomic mass is 10.2. The fraction of sp³-hybridized carbons (Fsp3) is 0.667. The lowest BCUT2D eigenvalue weighted by Crippen LogP contribution is -2.33. The van der Waals surface area contributed by atoms with Gasteiger partial charge in [0.15, 0.2) is 0 Å². The third-order valence-corrected chi connectivity index (χ3v) is 1.31. The molecule has 2 amide bonds. The minimum atomic E-state index is -1.03. The predicted octanol–water partition coefficient (Wildman–Crippen LogP) is -0.991. The van der Waals surface area contributed by atoms with Crippen LogP contribution < -0.4 is 22.9 Å². The van der Waals surface area contributed by atoms with Crippen LogP contribution in [0.2, 0.25) is 0 Å². The highest BCUT2D eigenvalue weighted by Crippen LogP contribution is 1.92. The molecule has 78 valence electrons. The normalized spacial score (nSPS) is 11.2. The molecule has 0 aliphatic rings. The van der Waals surface area contributed by atoms with Crippen LogP contribution in [0, 0.1) is 0 Å². The van der Waals surface area contributed by atoms with E-state index >= 15 is 0 Å². The molecule has 0 fully saturated rings. The summed E-state index contributed by atoms with van der Waals surface area (Å²) in [5, 5.41) is 10.7. The van der Waals surface area contributed by atoms with Crippen molar-refractivity contribution in [2.45, 2.75) is 18.9 Å². The number of hydrogen-bond donors (Lipinski definition) is 5. The molecule has 0 saturated carbocycles. The molecule has 0 spiro atoms. The molecule has 0 saturated heterocycles. The largest absolute Gasteiger partial charge is 0.480 e. The van der Waals surface area contributed by atoms with E-state index in [-0.39, 0.29) is 6.15 Å². The summed E-state index contributed by atoms with van der Waals surface area (Å²) in [6, 6.07) is -1.47. The maximum Gasteiger partial charge on any atom is 0.320 e. The van der Waals surface area contributed by atoms with Gasteiger partial charge in [0.1, 0.15) is 6.04 Å². The molecule has 0 aromatic carbocycles. The average Bonchev–Trinajstić information content (AvgIpc) is 1.97. The molecule has 0 bridgehead atoms. The van der Waals surface area contributed by atoms with E-state index in [0.717, 1.165) is 0 Å². The number of primary amides is 1. The zero-order valence-corrected chi connectivity index (χ0v) is 7.32. The third kappa shape index (κ3) is 8.57. The van der Waals surface area contributed by atoms with Crippen molar-refractivity contribution in [3.8, 4) is 0 Å². The molecule has 1 unspecified atom stereocenters. The second-order valence-corrected chi connectivity index (χ2v) is 2.38. The van der Waals surface area contributed by atoms with Crippen LogP contribution in [0.3, 0.4) is 0 Å². The molecule has 9 N–H and O–H groups in total. The Balaban J connectivity index is 0. The van der Waals surface area contributed by atoms with Gasteiger partial charge in [0.2, 0.25) is 0 Å². The van der Waals surface area contributed by atoms with Crippen LogP contribution in [0.1, 0.15) is 12.8 Å². The smallest absolute Gasteiger partial charge is 0.320 e.